The molecule has 1 saturated carbocycles. The number of nitrogens with zero attached hydrogens (tertiary/aromatic N) is 1. The third kappa shape index (κ3) is 4.66. The maximum Gasteiger partial charge on any atom is 0.415 e. The van der Waals surface area contributed by atoms with Gasteiger partial charge in [0.25, 0.3) is 5.24 Å². The van der Waals surface area contributed by atoms with Crippen molar-refractivity contribution in [2.24, 2.45) is 0 Å². The van der Waals surface area contributed by atoms with Crippen LogP contribution in [-0.4, -0.2) is 35.6 Å². The highest BCUT2D eigenvalue weighted by Gasteiger charge is 2.23. The molecule has 0 atom stereocenters. The number of hydrogen-bond acceptors (Lipinski definition) is 4. The van der Waals surface area contributed by atoms with Crippen molar-refractivity contribution in [3.05, 3.63) is 24.3 Å². The van der Waals surface area contributed by atoms with E-state index < -0.39 is 0 Å². The Hall–Kier alpha value is -1.69. The SMILES string of the molecule is CSC(=O)Nc1cccc(OC(=O)N(C)C2CCCCC2)c1. The molecule has 1 aromatic rings. The molecular weight excluding hydrogens is 300 g/mol. The number of carbonyl (C=O) groups excluding carboxylic acids is 2. The van der Waals surface area contributed by atoms with E-state index in [1.807, 2.05) is 0 Å². The summed E-state index contributed by atoms with van der Waals surface area (Å²) in [6.07, 6.45) is 7.01. The smallest absolute Gasteiger partial charge is 0.410 e. The van der Waals surface area contributed by atoms with Gasteiger partial charge in [-0.15, -0.1) is 0 Å². The Bertz CT molecular complexity index is 530. The summed E-state index contributed by atoms with van der Waals surface area (Å²) in [7, 11) is 1.79. The molecule has 22 heavy (non-hydrogen) atoms. The zero-order valence-electron chi connectivity index (χ0n) is 13.0. The first kappa shape index (κ1) is 16.7. The first-order chi connectivity index (χ1) is 10.6. The van der Waals surface area contributed by atoms with E-state index in [-0.39, 0.29) is 17.4 Å². The predicted octanol–water partition coefficient (Wildman–Crippen LogP) is 4.34. The number of benzene rings is 1. The molecule has 0 unspecified atom stereocenters. The lowest BCUT2D eigenvalue weighted by Crippen LogP contribution is -2.39. The molecule has 0 spiro atoms. The van der Waals surface area contributed by atoms with Gasteiger partial charge in [-0.05, 0) is 31.2 Å². The predicted molar refractivity (Wildman–Crippen MR) is 89.6 cm³/mol. The van der Waals surface area contributed by atoms with Gasteiger partial charge in [0.15, 0.2) is 0 Å². The quantitative estimate of drug-likeness (QED) is 0.899. The minimum atomic E-state index is -0.347. The second-order valence-electron chi connectivity index (χ2n) is 5.42. The summed E-state index contributed by atoms with van der Waals surface area (Å²) in [5.41, 5.74) is 0.616. The number of rotatable bonds is 3. The Morgan fingerprint density at radius 1 is 1.27 bits per heavy atom. The number of ether oxygens (including phenoxy) is 1. The zero-order valence-corrected chi connectivity index (χ0v) is 13.8. The van der Waals surface area contributed by atoms with E-state index in [2.05, 4.69) is 5.32 Å². The normalized spacial score (nSPS) is 15.2. The molecule has 1 aromatic carbocycles. The second kappa shape index (κ2) is 8.08. The molecule has 6 heteroatoms. The van der Waals surface area contributed by atoms with Crippen molar-refractivity contribution < 1.29 is 14.3 Å². The summed E-state index contributed by atoms with van der Waals surface area (Å²) in [4.78, 5) is 25.3. The van der Waals surface area contributed by atoms with Gasteiger partial charge in [0.2, 0.25) is 0 Å². The molecule has 1 N–H and O–H groups in total. The molecule has 1 aliphatic carbocycles. The monoisotopic (exact) mass is 322 g/mol. The van der Waals surface area contributed by atoms with Gasteiger partial charge in [-0.3, -0.25) is 4.79 Å². The maximum absolute atomic E-state index is 12.2. The highest BCUT2D eigenvalue weighted by atomic mass is 32.2. The number of thioether (sulfide) groups is 1. The third-order valence-electron chi connectivity index (χ3n) is 3.88. The van der Waals surface area contributed by atoms with Gasteiger partial charge in [0.1, 0.15) is 5.75 Å². The first-order valence-electron chi connectivity index (χ1n) is 7.50. The molecule has 0 aliphatic heterocycles. The number of hydrogen-bond donors (Lipinski definition) is 1. The van der Waals surface area contributed by atoms with Crippen LogP contribution in [0.5, 0.6) is 5.75 Å². The molecule has 0 heterocycles. The molecule has 5 nitrogen and oxygen atoms in total. The van der Waals surface area contributed by atoms with Gasteiger partial charge >= 0.3 is 6.09 Å². The van der Waals surface area contributed by atoms with Crippen molar-refractivity contribution in [1.82, 2.24) is 4.90 Å². The van der Waals surface area contributed by atoms with E-state index in [1.165, 1.54) is 19.3 Å². The molecule has 2 amide bonds. The molecule has 0 radical (unpaired) electrons. The second-order valence-corrected chi connectivity index (χ2v) is 6.19. The maximum atomic E-state index is 12.2. The highest BCUT2D eigenvalue weighted by Crippen LogP contribution is 2.23. The van der Waals surface area contributed by atoms with E-state index in [4.69, 9.17) is 4.74 Å². The average molecular weight is 322 g/mol. The summed E-state index contributed by atoms with van der Waals surface area (Å²) in [6, 6.07) is 7.14. The van der Waals surface area contributed by atoms with E-state index in [9.17, 15) is 9.59 Å². The van der Waals surface area contributed by atoms with Crippen LogP contribution in [0, 0.1) is 0 Å². The largest absolute Gasteiger partial charge is 0.415 e. The fourth-order valence-electron chi connectivity index (χ4n) is 2.60. The fraction of sp³-hybridized carbons (Fsp3) is 0.500. The van der Waals surface area contributed by atoms with Gasteiger partial charge in [-0.25, -0.2) is 4.79 Å². The number of anilines is 1. The topological polar surface area (TPSA) is 58.6 Å². The van der Waals surface area contributed by atoms with Crippen molar-refractivity contribution in [3.8, 4) is 5.75 Å². The molecule has 0 saturated heterocycles. The van der Waals surface area contributed by atoms with Crippen LogP contribution < -0.4 is 10.1 Å². The molecule has 0 bridgehead atoms. The summed E-state index contributed by atoms with van der Waals surface area (Å²) in [6.45, 7) is 0. The van der Waals surface area contributed by atoms with Crippen LogP contribution in [0.1, 0.15) is 32.1 Å². The molecular formula is C16H22N2O3S. The molecule has 1 aliphatic rings. The summed E-state index contributed by atoms with van der Waals surface area (Å²) in [5, 5.41) is 2.57. The third-order valence-corrected chi connectivity index (χ3v) is 4.35. The number of carbonyl (C=O) groups is 2. The first-order valence-corrected chi connectivity index (χ1v) is 8.72. The minimum absolute atomic E-state index is 0.150. The number of nitrogens with one attached hydrogen (secondary N) is 1. The molecule has 0 aromatic heterocycles. The van der Waals surface area contributed by atoms with Crippen molar-refractivity contribution >= 4 is 28.8 Å². The van der Waals surface area contributed by atoms with Crippen LogP contribution >= 0.6 is 11.8 Å². The van der Waals surface area contributed by atoms with Gasteiger partial charge in [-0.2, -0.15) is 0 Å². The van der Waals surface area contributed by atoms with Crippen LogP contribution in [0.2, 0.25) is 0 Å². The van der Waals surface area contributed by atoms with E-state index in [0.29, 0.717) is 11.4 Å². The van der Waals surface area contributed by atoms with Crippen LogP contribution in [0.15, 0.2) is 24.3 Å². The highest BCUT2D eigenvalue weighted by molar-refractivity contribution is 8.13. The lowest BCUT2D eigenvalue weighted by Gasteiger charge is -2.30. The van der Waals surface area contributed by atoms with E-state index in [0.717, 1.165) is 24.6 Å². The summed E-state index contributed by atoms with van der Waals surface area (Å²) >= 11 is 1.10. The van der Waals surface area contributed by atoms with Crippen LogP contribution in [-0.2, 0) is 0 Å². The van der Waals surface area contributed by atoms with Crippen molar-refractivity contribution in [2.75, 3.05) is 18.6 Å². The van der Waals surface area contributed by atoms with Crippen molar-refractivity contribution in [3.63, 3.8) is 0 Å². The molecule has 2 rings (SSSR count). The van der Waals surface area contributed by atoms with E-state index >= 15 is 0 Å². The summed E-state index contributed by atoms with van der Waals surface area (Å²) < 4.78 is 5.41. The Morgan fingerprint density at radius 3 is 2.68 bits per heavy atom. The Balaban J connectivity index is 1.95. The lowest BCUT2D eigenvalue weighted by molar-refractivity contribution is 0.133. The average Bonchev–Trinajstić information content (AvgIpc) is 2.55. The summed E-state index contributed by atoms with van der Waals surface area (Å²) in [5.74, 6) is 0.437. The van der Waals surface area contributed by atoms with Gasteiger partial charge in [-0.1, -0.05) is 37.1 Å². The van der Waals surface area contributed by atoms with Crippen LogP contribution in [0.3, 0.4) is 0 Å². The molecule has 120 valence electrons. The fourth-order valence-corrected chi connectivity index (χ4v) is 2.82. The van der Waals surface area contributed by atoms with Crippen molar-refractivity contribution in [2.45, 2.75) is 38.1 Å². The Labute approximate surface area is 135 Å². The van der Waals surface area contributed by atoms with E-state index in [1.54, 1.807) is 42.5 Å². The Morgan fingerprint density at radius 2 is 2.00 bits per heavy atom. The zero-order chi connectivity index (χ0) is 15.9. The Kier molecular flexibility index (Phi) is 6.12. The number of amides is 2. The van der Waals surface area contributed by atoms with Gasteiger partial charge in [0.05, 0.1) is 0 Å². The lowest BCUT2D eigenvalue weighted by atomic mass is 9.95. The van der Waals surface area contributed by atoms with Gasteiger partial charge < -0.3 is 15.0 Å². The van der Waals surface area contributed by atoms with Crippen LogP contribution in [0.25, 0.3) is 0 Å². The van der Waals surface area contributed by atoms with Crippen LogP contribution in [0.4, 0.5) is 15.3 Å². The van der Waals surface area contributed by atoms with Crippen molar-refractivity contribution in [1.29, 1.82) is 0 Å². The standard InChI is InChI=1S/C16H22N2O3S/c1-18(13-8-4-3-5-9-13)16(20)21-14-10-6-7-12(11-14)17-15(19)22-2/h6-7,10-11,13H,3-5,8-9H2,1-2H3,(H,17,19). The minimum Gasteiger partial charge on any atom is -0.410 e. The molecule has 1 fully saturated rings. The van der Waals surface area contributed by atoms with Gasteiger partial charge in [0, 0.05) is 24.8 Å².